The molecular weight excluding hydrogens is 238 g/mol. The zero-order valence-electron chi connectivity index (χ0n) is 9.22. The van der Waals surface area contributed by atoms with Gasteiger partial charge in [-0.2, -0.15) is 5.10 Å². The van der Waals surface area contributed by atoms with Crippen LogP contribution in [0, 0.1) is 0 Å². The predicted octanol–water partition coefficient (Wildman–Crippen LogP) is 2.48. The largest absolute Gasteiger partial charge is 0.465 e. The highest BCUT2D eigenvalue weighted by Gasteiger charge is 2.24. The predicted molar refractivity (Wildman–Crippen MR) is 65.5 cm³/mol. The molecule has 0 spiro atoms. The monoisotopic (exact) mass is 251 g/mol. The smallest absolute Gasteiger partial charge is 0.407 e. The lowest BCUT2D eigenvalue weighted by molar-refractivity contribution is 0.132. The van der Waals surface area contributed by atoms with Crippen LogP contribution in [0.25, 0.3) is 10.2 Å². The van der Waals surface area contributed by atoms with Crippen LogP contribution in [0.5, 0.6) is 0 Å². The molecule has 0 unspecified atom stereocenters. The van der Waals surface area contributed by atoms with Crippen LogP contribution in [0.1, 0.15) is 23.6 Å². The number of hydrogen-bond donors (Lipinski definition) is 2. The molecule has 0 saturated carbocycles. The van der Waals surface area contributed by atoms with Gasteiger partial charge in [0.1, 0.15) is 4.83 Å². The Balaban J connectivity index is 1.74. The van der Waals surface area contributed by atoms with Gasteiger partial charge in [-0.3, -0.25) is 5.10 Å². The third-order valence-electron chi connectivity index (χ3n) is 3.32. The van der Waals surface area contributed by atoms with Crippen LogP contribution in [0.3, 0.4) is 0 Å². The van der Waals surface area contributed by atoms with Crippen molar-refractivity contribution in [3.05, 3.63) is 17.1 Å². The number of likely N-dealkylation sites (tertiary alicyclic amines) is 1. The van der Waals surface area contributed by atoms with Gasteiger partial charge in [-0.05, 0) is 24.8 Å². The summed E-state index contributed by atoms with van der Waals surface area (Å²) in [6, 6.07) is 2.17. The summed E-state index contributed by atoms with van der Waals surface area (Å²) in [6.45, 7) is 1.29. The Bertz CT molecular complexity index is 511. The summed E-state index contributed by atoms with van der Waals surface area (Å²) in [6.07, 6.45) is 2.87. The molecule has 1 aliphatic rings. The molecular formula is C11H13N3O2S. The van der Waals surface area contributed by atoms with Crippen molar-refractivity contribution in [3.63, 3.8) is 0 Å². The standard InChI is InChI=1S/C11H13N3O2S/c15-11(16)14-3-1-7(2-4-14)9-5-8-6-12-13-10(8)17-9/h5-7H,1-4H2,(H,12,13)(H,15,16). The van der Waals surface area contributed by atoms with E-state index in [0.717, 1.165) is 23.1 Å². The molecule has 3 heterocycles. The van der Waals surface area contributed by atoms with Gasteiger partial charge >= 0.3 is 6.09 Å². The zero-order chi connectivity index (χ0) is 11.8. The molecule has 3 rings (SSSR count). The highest BCUT2D eigenvalue weighted by atomic mass is 32.1. The first-order valence-corrected chi connectivity index (χ1v) is 6.46. The fourth-order valence-corrected chi connectivity index (χ4v) is 3.48. The molecule has 6 heteroatoms. The van der Waals surface area contributed by atoms with E-state index in [1.807, 2.05) is 6.20 Å². The lowest BCUT2D eigenvalue weighted by atomic mass is 9.95. The maximum absolute atomic E-state index is 10.8. The molecule has 1 saturated heterocycles. The fourth-order valence-electron chi connectivity index (χ4n) is 2.33. The van der Waals surface area contributed by atoms with Crippen LogP contribution in [0.15, 0.2) is 12.3 Å². The van der Waals surface area contributed by atoms with Crippen LogP contribution in [-0.4, -0.2) is 39.4 Å². The first kappa shape index (κ1) is 10.6. The number of rotatable bonds is 1. The van der Waals surface area contributed by atoms with E-state index in [-0.39, 0.29) is 0 Å². The highest BCUT2D eigenvalue weighted by molar-refractivity contribution is 7.18. The van der Waals surface area contributed by atoms with Crippen LogP contribution >= 0.6 is 11.3 Å². The zero-order valence-corrected chi connectivity index (χ0v) is 10.0. The van der Waals surface area contributed by atoms with E-state index in [1.54, 1.807) is 11.3 Å². The number of thiophene rings is 1. The Labute approximate surface area is 102 Å². The van der Waals surface area contributed by atoms with Crippen molar-refractivity contribution in [3.8, 4) is 0 Å². The van der Waals surface area contributed by atoms with Crippen molar-refractivity contribution < 1.29 is 9.90 Å². The maximum Gasteiger partial charge on any atom is 0.407 e. The molecule has 0 aliphatic carbocycles. The van der Waals surface area contributed by atoms with Crippen molar-refractivity contribution in [1.29, 1.82) is 0 Å². The van der Waals surface area contributed by atoms with Gasteiger partial charge in [0.25, 0.3) is 0 Å². The van der Waals surface area contributed by atoms with Crippen molar-refractivity contribution >= 4 is 27.6 Å². The van der Waals surface area contributed by atoms with Crippen LogP contribution < -0.4 is 0 Å². The molecule has 0 atom stereocenters. The number of hydrogen-bond acceptors (Lipinski definition) is 3. The second-order valence-electron chi connectivity index (χ2n) is 4.35. The van der Waals surface area contributed by atoms with Gasteiger partial charge in [0.15, 0.2) is 0 Å². The molecule has 1 aliphatic heterocycles. The van der Waals surface area contributed by atoms with E-state index >= 15 is 0 Å². The molecule has 1 fully saturated rings. The summed E-state index contributed by atoms with van der Waals surface area (Å²) >= 11 is 1.74. The minimum absolute atomic E-state index is 0.497. The number of carbonyl (C=O) groups is 1. The number of aromatic nitrogens is 2. The summed E-state index contributed by atoms with van der Waals surface area (Å²) < 4.78 is 0. The molecule has 5 nitrogen and oxygen atoms in total. The Morgan fingerprint density at radius 3 is 2.94 bits per heavy atom. The number of amides is 1. The minimum Gasteiger partial charge on any atom is -0.465 e. The molecule has 2 N–H and O–H groups in total. The van der Waals surface area contributed by atoms with E-state index in [1.165, 1.54) is 9.78 Å². The highest BCUT2D eigenvalue weighted by Crippen LogP contribution is 2.35. The second kappa shape index (κ2) is 4.03. The molecule has 0 bridgehead atoms. The van der Waals surface area contributed by atoms with Gasteiger partial charge in [-0.15, -0.1) is 11.3 Å². The summed E-state index contributed by atoms with van der Waals surface area (Å²) in [5.74, 6) is 0.497. The van der Waals surface area contributed by atoms with Gasteiger partial charge in [0.2, 0.25) is 0 Å². The molecule has 17 heavy (non-hydrogen) atoms. The van der Waals surface area contributed by atoms with Gasteiger partial charge in [0.05, 0.1) is 6.20 Å². The molecule has 90 valence electrons. The third-order valence-corrected chi connectivity index (χ3v) is 4.54. The molecule has 2 aromatic rings. The van der Waals surface area contributed by atoms with E-state index in [2.05, 4.69) is 16.3 Å². The number of carboxylic acid groups (broad SMARTS) is 1. The first-order chi connectivity index (χ1) is 8.24. The quantitative estimate of drug-likeness (QED) is 0.818. The third kappa shape index (κ3) is 1.88. The van der Waals surface area contributed by atoms with E-state index in [0.29, 0.717) is 19.0 Å². The number of H-pyrrole nitrogens is 1. The Morgan fingerprint density at radius 1 is 1.53 bits per heavy atom. The SMILES string of the molecule is O=C(O)N1CCC(c2cc3cn[nH]c3s2)CC1. The lowest BCUT2D eigenvalue weighted by Crippen LogP contribution is -2.36. The van der Waals surface area contributed by atoms with E-state index in [9.17, 15) is 4.79 Å². The molecule has 2 aromatic heterocycles. The normalized spacial score (nSPS) is 17.8. The van der Waals surface area contributed by atoms with E-state index < -0.39 is 6.09 Å². The maximum atomic E-state index is 10.8. The summed E-state index contributed by atoms with van der Waals surface area (Å²) in [7, 11) is 0. The molecule has 1 amide bonds. The summed E-state index contributed by atoms with van der Waals surface area (Å²) in [5.41, 5.74) is 0. The Kier molecular flexibility index (Phi) is 2.51. The average Bonchev–Trinajstić information content (AvgIpc) is 2.89. The number of nitrogens with one attached hydrogen (secondary N) is 1. The molecule has 0 aromatic carbocycles. The Hall–Kier alpha value is -1.56. The number of fused-ring (bicyclic) bond motifs is 1. The second-order valence-corrected chi connectivity index (χ2v) is 5.43. The summed E-state index contributed by atoms with van der Waals surface area (Å²) in [4.78, 5) is 14.8. The van der Waals surface area contributed by atoms with Crippen molar-refractivity contribution in [1.82, 2.24) is 15.1 Å². The lowest BCUT2D eigenvalue weighted by Gasteiger charge is -2.29. The summed E-state index contributed by atoms with van der Waals surface area (Å²) in [5, 5.41) is 17.0. The van der Waals surface area contributed by atoms with Crippen LogP contribution in [0.4, 0.5) is 4.79 Å². The van der Waals surface area contributed by atoms with E-state index in [4.69, 9.17) is 5.11 Å². The fraction of sp³-hybridized carbons (Fsp3) is 0.455. The molecule has 0 radical (unpaired) electrons. The number of nitrogens with zero attached hydrogens (tertiary/aromatic N) is 2. The van der Waals surface area contributed by atoms with Gasteiger partial charge in [-0.25, -0.2) is 4.79 Å². The number of piperidine rings is 1. The van der Waals surface area contributed by atoms with Gasteiger partial charge in [0, 0.05) is 23.4 Å². The average molecular weight is 251 g/mol. The van der Waals surface area contributed by atoms with Crippen LogP contribution in [0.2, 0.25) is 0 Å². The Morgan fingerprint density at radius 2 is 2.29 bits per heavy atom. The van der Waals surface area contributed by atoms with Gasteiger partial charge in [-0.1, -0.05) is 0 Å². The van der Waals surface area contributed by atoms with Crippen molar-refractivity contribution in [2.24, 2.45) is 0 Å². The van der Waals surface area contributed by atoms with Crippen LogP contribution in [-0.2, 0) is 0 Å². The van der Waals surface area contributed by atoms with Crippen molar-refractivity contribution in [2.75, 3.05) is 13.1 Å². The van der Waals surface area contributed by atoms with Crippen molar-refractivity contribution in [2.45, 2.75) is 18.8 Å². The topological polar surface area (TPSA) is 69.2 Å². The minimum atomic E-state index is -0.800. The number of aromatic amines is 1. The first-order valence-electron chi connectivity index (χ1n) is 5.65. The van der Waals surface area contributed by atoms with Gasteiger partial charge < -0.3 is 10.0 Å².